The first-order valence-corrected chi connectivity index (χ1v) is 13.8. The molecule has 0 saturated carbocycles. The van der Waals surface area contributed by atoms with Crippen molar-refractivity contribution in [2.24, 2.45) is 0 Å². The van der Waals surface area contributed by atoms with E-state index < -0.39 is 17.7 Å². The fraction of sp³-hybridized carbons (Fsp3) is 0.368. The average Bonchev–Trinajstić information content (AvgIpc) is 2.47. The summed E-state index contributed by atoms with van der Waals surface area (Å²) in [7, 11) is 0. The second-order valence-electron chi connectivity index (χ2n) is 7.32. The number of hydrogen-bond acceptors (Lipinski definition) is 1. The van der Waals surface area contributed by atoms with Crippen molar-refractivity contribution in [1.82, 2.24) is 0 Å². The van der Waals surface area contributed by atoms with E-state index in [9.17, 15) is 5.11 Å². The van der Waals surface area contributed by atoms with Crippen LogP contribution in [-0.2, 0) is 4.43 Å². The van der Waals surface area contributed by atoms with Gasteiger partial charge in [-0.25, -0.2) is 0 Å². The quantitative estimate of drug-likeness (QED) is 0.781. The summed E-state index contributed by atoms with van der Waals surface area (Å²) in [5, 5.41) is 11.9. The Balaban J connectivity index is 2.73. The van der Waals surface area contributed by atoms with Crippen LogP contribution in [0.1, 0.15) is 31.9 Å². The molecule has 1 N–H and O–H groups in total. The van der Waals surface area contributed by atoms with E-state index in [2.05, 4.69) is 56.5 Å². The SMILES string of the molecule is C[C](C)(C)[Ge]([CH3])([CH3])[C](O)(c1ccccc1)c1ccccc1. The van der Waals surface area contributed by atoms with E-state index in [1.807, 2.05) is 36.4 Å². The van der Waals surface area contributed by atoms with E-state index >= 15 is 0 Å². The molecule has 112 valence electrons. The van der Waals surface area contributed by atoms with Crippen molar-refractivity contribution < 1.29 is 5.11 Å². The van der Waals surface area contributed by atoms with E-state index in [0.717, 1.165) is 11.1 Å². The molecule has 1 nitrogen and oxygen atoms in total. The Kier molecular flexibility index (Phi) is 4.37. The van der Waals surface area contributed by atoms with Crippen LogP contribution in [-0.4, -0.2) is 18.4 Å². The van der Waals surface area contributed by atoms with Crippen molar-refractivity contribution in [2.75, 3.05) is 0 Å². The van der Waals surface area contributed by atoms with Gasteiger partial charge in [0.15, 0.2) is 0 Å². The van der Waals surface area contributed by atoms with Crippen molar-refractivity contribution >= 4 is 13.3 Å². The van der Waals surface area contributed by atoms with Crippen molar-refractivity contribution in [1.29, 1.82) is 0 Å². The van der Waals surface area contributed by atoms with Crippen LogP contribution in [0.2, 0.25) is 15.8 Å². The first-order chi connectivity index (χ1) is 9.71. The molecule has 0 fully saturated rings. The Labute approximate surface area is 131 Å². The van der Waals surface area contributed by atoms with Crippen molar-refractivity contribution in [3.8, 4) is 0 Å². The number of aliphatic hydroxyl groups is 1. The Morgan fingerprint density at radius 3 is 1.33 bits per heavy atom. The molecule has 0 bridgehead atoms. The van der Waals surface area contributed by atoms with Crippen LogP contribution in [0.25, 0.3) is 0 Å². The van der Waals surface area contributed by atoms with Crippen molar-refractivity contribution in [3.05, 3.63) is 71.8 Å². The summed E-state index contributed by atoms with van der Waals surface area (Å²) in [6.45, 7) is 6.80. The zero-order chi connectivity index (χ0) is 15.7. The molecule has 2 heteroatoms. The molecule has 2 aromatic rings. The Hall–Kier alpha value is -1.06. The van der Waals surface area contributed by atoms with Gasteiger partial charge in [0.1, 0.15) is 0 Å². The first kappa shape index (κ1) is 16.3. The van der Waals surface area contributed by atoms with Gasteiger partial charge in [0.25, 0.3) is 0 Å². The van der Waals surface area contributed by atoms with Gasteiger partial charge in [-0.3, -0.25) is 0 Å². The summed E-state index contributed by atoms with van der Waals surface area (Å²) in [5.41, 5.74) is 2.05. The van der Waals surface area contributed by atoms with Gasteiger partial charge in [0.05, 0.1) is 0 Å². The van der Waals surface area contributed by atoms with Gasteiger partial charge in [0.2, 0.25) is 0 Å². The molecular weight excluding hydrogens is 317 g/mol. The Morgan fingerprint density at radius 2 is 1.05 bits per heavy atom. The average molecular weight is 343 g/mol. The summed E-state index contributed by atoms with van der Waals surface area (Å²) in [5.74, 6) is 4.67. The summed E-state index contributed by atoms with van der Waals surface area (Å²) in [4.78, 5) is 0. The normalized spacial score (nSPS) is 13.2. The third-order valence-electron chi connectivity index (χ3n) is 5.16. The van der Waals surface area contributed by atoms with Crippen LogP contribution in [0, 0.1) is 0 Å². The van der Waals surface area contributed by atoms with Crippen LogP contribution in [0.5, 0.6) is 0 Å². The summed E-state index contributed by atoms with van der Waals surface area (Å²) >= 11 is -2.69. The van der Waals surface area contributed by atoms with E-state index in [1.54, 1.807) is 0 Å². The summed E-state index contributed by atoms with van der Waals surface area (Å²) in [6.07, 6.45) is 0. The fourth-order valence-corrected chi connectivity index (χ4v) is 8.79. The molecule has 0 radical (unpaired) electrons. The standard InChI is InChI=1S/C19H26GeO/c1-18(2,3)20(4,5)19(21,16-12-8-6-9-13-16)17-14-10-7-11-15-17/h6-15,21H,1-5H3. The van der Waals surface area contributed by atoms with Gasteiger partial charge in [-0.05, 0) is 0 Å². The molecule has 0 saturated heterocycles. The van der Waals surface area contributed by atoms with E-state index in [-0.39, 0.29) is 4.25 Å². The van der Waals surface area contributed by atoms with Crippen LogP contribution in [0.4, 0.5) is 0 Å². The number of benzene rings is 2. The molecule has 0 aromatic heterocycles. The van der Waals surface area contributed by atoms with Crippen LogP contribution in [0.15, 0.2) is 60.7 Å². The van der Waals surface area contributed by atoms with Crippen molar-refractivity contribution in [3.63, 3.8) is 0 Å². The molecule has 0 aliphatic rings. The van der Waals surface area contributed by atoms with Gasteiger partial charge in [-0.1, -0.05) is 0 Å². The Morgan fingerprint density at radius 1 is 0.714 bits per heavy atom. The molecule has 0 unspecified atom stereocenters. The maximum absolute atomic E-state index is 11.9. The third kappa shape index (κ3) is 2.69. The van der Waals surface area contributed by atoms with Gasteiger partial charge in [-0.15, -0.1) is 0 Å². The second-order valence-corrected chi connectivity index (χ2v) is 18.8. The minimum atomic E-state index is -2.69. The van der Waals surface area contributed by atoms with Crippen LogP contribution in [0.3, 0.4) is 0 Å². The molecule has 2 rings (SSSR count). The molecular formula is C19H26GeO. The molecule has 0 aliphatic carbocycles. The predicted octanol–water partition coefficient (Wildman–Crippen LogP) is 4.97. The minimum absolute atomic E-state index is 0.125. The molecule has 0 spiro atoms. The molecule has 0 atom stereocenters. The zero-order valence-electron chi connectivity index (χ0n) is 13.7. The third-order valence-corrected chi connectivity index (χ3v) is 18.0. The second kappa shape index (κ2) is 5.62. The summed E-state index contributed by atoms with van der Waals surface area (Å²) < 4.78 is -0.721. The molecule has 0 heterocycles. The van der Waals surface area contributed by atoms with E-state index in [1.165, 1.54) is 0 Å². The van der Waals surface area contributed by atoms with Crippen LogP contribution < -0.4 is 0 Å². The summed E-state index contributed by atoms with van der Waals surface area (Å²) in [6, 6.07) is 20.3. The maximum atomic E-state index is 11.9. The number of hydrogen-bond donors (Lipinski definition) is 1. The van der Waals surface area contributed by atoms with Crippen LogP contribution >= 0.6 is 0 Å². The van der Waals surface area contributed by atoms with Gasteiger partial charge in [0, 0.05) is 0 Å². The van der Waals surface area contributed by atoms with E-state index in [4.69, 9.17) is 0 Å². The van der Waals surface area contributed by atoms with Gasteiger partial charge in [-0.2, -0.15) is 0 Å². The molecule has 0 aliphatic heterocycles. The molecule has 2 aromatic carbocycles. The van der Waals surface area contributed by atoms with E-state index in [0.29, 0.717) is 0 Å². The topological polar surface area (TPSA) is 20.2 Å². The zero-order valence-corrected chi connectivity index (χ0v) is 15.8. The predicted molar refractivity (Wildman–Crippen MR) is 93.1 cm³/mol. The monoisotopic (exact) mass is 344 g/mol. The number of rotatable bonds is 3. The van der Waals surface area contributed by atoms with Gasteiger partial charge >= 0.3 is 131 Å². The van der Waals surface area contributed by atoms with Crippen molar-refractivity contribution in [2.45, 2.75) is 41.0 Å². The Bertz CT molecular complexity index is 542. The van der Waals surface area contributed by atoms with Gasteiger partial charge < -0.3 is 0 Å². The molecule has 21 heavy (non-hydrogen) atoms. The first-order valence-electron chi connectivity index (χ1n) is 7.54. The fourth-order valence-electron chi connectivity index (χ4n) is 2.79. The molecule has 0 amide bonds.